The van der Waals surface area contributed by atoms with E-state index >= 15 is 0 Å². The van der Waals surface area contributed by atoms with Crippen molar-refractivity contribution >= 4 is 29.1 Å². The summed E-state index contributed by atoms with van der Waals surface area (Å²) in [5.41, 5.74) is -0.0452. The van der Waals surface area contributed by atoms with Gasteiger partial charge in [0.1, 0.15) is 27.8 Å². The van der Waals surface area contributed by atoms with Crippen LogP contribution in [0.15, 0.2) is 41.6 Å². The number of methoxy groups -OCH3 is 3. The zero-order valence-corrected chi connectivity index (χ0v) is 20.4. The molecule has 3 atom stereocenters. The quantitative estimate of drug-likeness (QED) is 0.640. The zero-order chi connectivity index (χ0) is 25.1. The van der Waals surface area contributed by atoms with Crippen molar-refractivity contribution in [2.45, 2.75) is 31.3 Å². The number of ether oxygens (including phenoxy) is 4. The summed E-state index contributed by atoms with van der Waals surface area (Å²) in [6.07, 6.45) is 0.344. The molecule has 1 aliphatic carbocycles. The van der Waals surface area contributed by atoms with Gasteiger partial charge in [-0.05, 0) is 24.1 Å². The van der Waals surface area contributed by atoms with E-state index in [4.69, 9.17) is 30.5 Å². The number of amides is 1. The Labute approximate surface area is 207 Å². The number of hydrogen-bond acceptors (Lipinski definition) is 7. The predicted octanol–water partition coefficient (Wildman–Crippen LogP) is 3.85. The third-order valence-corrected chi connectivity index (χ3v) is 7.43. The van der Waals surface area contributed by atoms with Crippen LogP contribution >= 0.6 is 11.6 Å². The molecule has 1 unspecified atom stereocenters. The highest BCUT2D eigenvalue weighted by Crippen LogP contribution is 2.55. The number of carbonyl (C=O) groups is 3. The smallest absolute Gasteiger partial charge is 0.236 e. The van der Waals surface area contributed by atoms with Gasteiger partial charge in [-0.1, -0.05) is 30.7 Å². The number of fused-ring (bicyclic) bond motifs is 1. The first kappa shape index (κ1) is 23.2. The highest BCUT2D eigenvalue weighted by Gasteiger charge is 2.63. The summed E-state index contributed by atoms with van der Waals surface area (Å²) in [7, 11) is 4.42. The second kappa shape index (κ2) is 8.30. The fourth-order valence-corrected chi connectivity index (χ4v) is 5.58. The van der Waals surface area contributed by atoms with Gasteiger partial charge in [0.05, 0.1) is 21.3 Å². The van der Waals surface area contributed by atoms with Gasteiger partial charge in [0.15, 0.2) is 5.75 Å². The predicted molar refractivity (Wildman–Crippen MR) is 127 cm³/mol. The van der Waals surface area contributed by atoms with Crippen molar-refractivity contribution in [2.24, 2.45) is 5.92 Å². The van der Waals surface area contributed by atoms with Crippen molar-refractivity contribution in [2.75, 3.05) is 21.3 Å². The van der Waals surface area contributed by atoms with Gasteiger partial charge < -0.3 is 24.3 Å². The molecule has 1 N–H and O–H groups in total. The number of benzene rings is 2. The summed E-state index contributed by atoms with van der Waals surface area (Å²) in [6.45, 7) is 1.76. The maximum Gasteiger partial charge on any atom is 0.236 e. The zero-order valence-electron chi connectivity index (χ0n) is 19.7. The van der Waals surface area contributed by atoms with Gasteiger partial charge in [-0.3, -0.25) is 14.4 Å². The van der Waals surface area contributed by atoms with Crippen LogP contribution in [0.5, 0.6) is 23.0 Å². The van der Waals surface area contributed by atoms with E-state index in [0.29, 0.717) is 17.0 Å². The molecule has 2 aromatic rings. The largest absolute Gasteiger partial charge is 0.497 e. The second-order valence-electron chi connectivity index (χ2n) is 8.87. The van der Waals surface area contributed by atoms with Gasteiger partial charge in [-0.2, -0.15) is 0 Å². The second-order valence-corrected chi connectivity index (χ2v) is 9.25. The lowest BCUT2D eigenvalue weighted by Crippen LogP contribution is -2.59. The first-order valence-corrected chi connectivity index (χ1v) is 11.5. The molecule has 9 heteroatoms. The number of hydrogen-bond donors (Lipinski definition) is 1. The Balaban J connectivity index is 1.65. The highest BCUT2D eigenvalue weighted by molar-refractivity contribution is 6.36. The normalized spacial score (nSPS) is 25.1. The summed E-state index contributed by atoms with van der Waals surface area (Å²) >= 11 is 6.51. The maximum atomic E-state index is 14.3. The van der Waals surface area contributed by atoms with E-state index in [2.05, 4.69) is 5.32 Å². The Morgan fingerprint density at radius 2 is 1.66 bits per heavy atom. The molecule has 5 rings (SSSR count). The molecule has 2 aromatic carbocycles. The molecule has 1 spiro atoms. The van der Waals surface area contributed by atoms with Crippen LogP contribution in [0.2, 0.25) is 5.02 Å². The Morgan fingerprint density at radius 3 is 2.29 bits per heavy atom. The number of Topliss-reactive ketones (excluding diaryl/α,β-unsaturated/α-hetero) is 2. The summed E-state index contributed by atoms with van der Waals surface area (Å²) in [4.78, 5) is 40.8. The number of nitrogens with one attached hydrogen (secondary N) is 1. The van der Waals surface area contributed by atoms with E-state index in [1.165, 1.54) is 20.3 Å². The molecule has 0 fully saturated rings. The molecule has 0 bridgehead atoms. The number of halogens is 1. The molecule has 2 aliphatic heterocycles. The monoisotopic (exact) mass is 497 g/mol. The van der Waals surface area contributed by atoms with Crippen LogP contribution in [-0.4, -0.2) is 44.4 Å². The van der Waals surface area contributed by atoms with Crippen LogP contribution in [0.25, 0.3) is 0 Å². The van der Waals surface area contributed by atoms with Crippen molar-refractivity contribution in [3.05, 3.63) is 57.8 Å². The maximum absolute atomic E-state index is 14.3. The van der Waals surface area contributed by atoms with E-state index in [1.807, 2.05) is 12.1 Å². The van der Waals surface area contributed by atoms with E-state index in [-0.39, 0.29) is 46.6 Å². The van der Waals surface area contributed by atoms with Gasteiger partial charge >= 0.3 is 0 Å². The average Bonchev–Trinajstić information content (AvgIpc) is 3.17. The summed E-state index contributed by atoms with van der Waals surface area (Å²) in [5.74, 6) is -1.08. The molecule has 1 amide bonds. The lowest BCUT2D eigenvalue weighted by Gasteiger charge is -2.41. The van der Waals surface area contributed by atoms with Crippen LogP contribution in [0.4, 0.5) is 0 Å². The summed E-state index contributed by atoms with van der Waals surface area (Å²) < 4.78 is 22.2. The van der Waals surface area contributed by atoms with Crippen LogP contribution in [0.1, 0.15) is 41.6 Å². The standard InChI is InChI=1S/C26H24ClNO7/c1-12-9-16-20(15(10-19(29)28-16)13-5-7-14(32-2)8-6-13)24(30)26(12)25(31)21-17(33-3)11-18(34-4)22(27)23(21)35-26/h5-8,11-12,15H,9-10H2,1-4H3,(H,28,29)/t12-,15?,26+/m1/s1. The van der Waals surface area contributed by atoms with Crippen molar-refractivity contribution in [1.82, 2.24) is 5.32 Å². The first-order valence-electron chi connectivity index (χ1n) is 11.2. The van der Waals surface area contributed by atoms with Crippen LogP contribution < -0.4 is 24.3 Å². The third kappa shape index (κ3) is 3.23. The van der Waals surface area contributed by atoms with Crippen LogP contribution in [0.3, 0.4) is 0 Å². The molecule has 0 aromatic heterocycles. The Kier molecular flexibility index (Phi) is 5.51. The van der Waals surface area contributed by atoms with E-state index < -0.39 is 29.0 Å². The average molecular weight is 498 g/mol. The summed E-state index contributed by atoms with van der Waals surface area (Å²) in [5, 5.41) is 2.95. The molecule has 0 saturated carbocycles. The SMILES string of the molecule is COc1ccc(C2CC(=O)NC3=C2C(=O)[C@@]2(Oc4c(Cl)c(OC)cc(OC)c4C2=O)[C@H](C)C3)cc1. The fourth-order valence-electron chi connectivity index (χ4n) is 5.31. The molecule has 0 saturated heterocycles. The van der Waals surface area contributed by atoms with Gasteiger partial charge in [-0.25, -0.2) is 0 Å². The topological polar surface area (TPSA) is 100 Å². The lowest BCUT2D eigenvalue weighted by molar-refractivity contribution is -0.131. The molecular formula is C26H24ClNO7. The number of carbonyl (C=O) groups excluding carboxylic acids is 3. The minimum Gasteiger partial charge on any atom is -0.497 e. The summed E-state index contributed by atoms with van der Waals surface area (Å²) in [6, 6.07) is 8.70. The van der Waals surface area contributed by atoms with E-state index in [1.54, 1.807) is 26.2 Å². The Bertz CT molecular complexity index is 1300. The molecule has 3 aliphatic rings. The molecule has 0 radical (unpaired) electrons. The molecule has 8 nitrogen and oxygen atoms in total. The number of allylic oxidation sites excluding steroid dienone is 1. The van der Waals surface area contributed by atoms with Gasteiger partial charge in [0, 0.05) is 35.6 Å². The minimum atomic E-state index is -1.82. The van der Waals surface area contributed by atoms with E-state index in [0.717, 1.165) is 5.56 Å². The highest BCUT2D eigenvalue weighted by atomic mass is 35.5. The number of ketones is 2. The molecule has 2 heterocycles. The Hall–Kier alpha value is -3.52. The van der Waals surface area contributed by atoms with Crippen molar-refractivity contribution in [1.29, 1.82) is 0 Å². The lowest BCUT2D eigenvalue weighted by atomic mass is 9.66. The third-order valence-electron chi connectivity index (χ3n) is 7.08. The van der Waals surface area contributed by atoms with Crippen LogP contribution in [0, 0.1) is 5.92 Å². The van der Waals surface area contributed by atoms with Gasteiger partial charge in [-0.15, -0.1) is 0 Å². The van der Waals surface area contributed by atoms with Crippen molar-refractivity contribution in [3.63, 3.8) is 0 Å². The van der Waals surface area contributed by atoms with Crippen molar-refractivity contribution < 1.29 is 33.3 Å². The van der Waals surface area contributed by atoms with Gasteiger partial charge in [0.25, 0.3) is 0 Å². The fraction of sp³-hybridized carbons (Fsp3) is 0.346. The minimum absolute atomic E-state index is 0.0676. The van der Waals surface area contributed by atoms with Gasteiger partial charge in [0.2, 0.25) is 23.1 Å². The molecule has 182 valence electrons. The van der Waals surface area contributed by atoms with Crippen LogP contribution in [-0.2, 0) is 9.59 Å². The molecule has 35 heavy (non-hydrogen) atoms. The molecular weight excluding hydrogens is 474 g/mol. The Morgan fingerprint density at radius 1 is 0.971 bits per heavy atom. The van der Waals surface area contributed by atoms with Crippen molar-refractivity contribution in [3.8, 4) is 23.0 Å². The number of rotatable bonds is 4. The van der Waals surface area contributed by atoms with E-state index in [9.17, 15) is 14.4 Å². The first-order chi connectivity index (χ1) is 16.8.